The van der Waals surface area contributed by atoms with Crippen LogP contribution in [0.15, 0.2) is 42.3 Å². The summed E-state index contributed by atoms with van der Waals surface area (Å²) in [5, 5.41) is 0. The summed E-state index contributed by atoms with van der Waals surface area (Å²) < 4.78 is 0. The summed E-state index contributed by atoms with van der Waals surface area (Å²) in [6, 6.07) is 6.83. The van der Waals surface area contributed by atoms with Gasteiger partial charge in [0.15, 0.2) is 0 Å². The molecule has 0 unspecified atom stereocenters. The second kappa shape index (κ2) is 8.43. The Morgan fingerprint density at radius 2 is 1.95 bits per heavy atom. The molecule has 1 fully saturated rings. The van der Waals surface area contributed by atoms with Crippen LogP contribution in [0.3, 0.4) is 0 Å². The molecule has 0 aliphatic heterocycles. The molecule has 1 aromatic carbocycles. The van der Waals surface area contributed by atoms with E-state index >= 15 is 0 Å². The minimum Gasteiger partial charge on any atom is -0.0985 e. The number of thioether (sulfide) groups is 1. The van der Waals surface area contributed by atoms with Crippen molar-refractivity contribution in [1.29, 1.82) is 0 Å². The number of allylic oxidation sites excluding steroid dienone is 2. The molecule has 0 heterocycles. The number of hydrogen-bond acceptors (Lipinski definition) is 1. The molecule has 0 amide bonds. The van der Waals surface area contributed by atoms with Crippen molar-refractivity contribution in [2.75, 3.05) is 0 Å². The average Bonchev–Trinajstić information content (AvgIpc) is 2.55. The minimum atomic E-state index is 0.861. The quantitative estimate of drug-likeness (QED) is 0.540. The fraction of sp³-hybridized carbons (Fsp3) is 0.429. The van der Waals surface area contributed by atoms with Gasteiger partial charge in [0.1, 0.15) is 0 Å². The van der Waals surface area contributed by atoms with Gasteiger partial charge in [-0.05, 0) is 53.8 Å². The van der Waals surface area contributed by atoms with Gasteiger partial charge in [-0.15, -0.1) is 0 Å². The van der Waals surface area contributed by atoms with Gasteiger partial charge < -0.3 is 0 Å². The van der Waals surface area contributed by atoms with Crippen molar-refractivity contribution in [3.05, 3.63) is 59.0 Å². The van der Waals surface area contributed by atoms with E-state index in [0.717, 1.165) is 10.8 Å². The third-order valence-electron chi connectivity index (χ3n) is 4.51. The first-order valence-corrected chi connectivity index (χ1v) is 9.20. The molecule has 0 N–H and O–H groups in total. The number of hydrogen-bond donors (Lipinski definition) is 0. The summed E-state index contributed by atoms with van der Waals surface area (Å²) in [7, 11) is 0. The van der Waals surface area contributed by atoms with E-state index < -0.39 is 0 Å². The third-order valence-corrected chi connectivity index (χ3v) is 5.55. The van der Waals surface area contributed by atoms with Crippen molar-refractivity contribution < 1.29 is 0 Å². The van der Waals surface area contributed by atoms with Gasteiger partial charge in [0.25, 0.3) is 0 Å². The predicted molar refractivity (Wildman–Crippen MR) is 103 cm³/mol. The van der Waals surface area contributed by atoms with E-state index in [4.69, 9.17) is 0 Å². The highest BCUT2D eigenvalue weighted by atomic mass is 32.2. The van der Waals surface area contributed by atoms with Crippen LogP contribution in [-0.2, 0) is 6.42 Å². The van der Waals surface area contributed by atoms with Gasteiger partial charge in [-0.25, -0.2) is 0 Å². The van der Waals surface area contributed by atoms with Crippen LogP contribution in [0.1, 0.15) is 62.6 Å². The van der Waals surface area contributed by atoms with Crippen LogP contribution in [0.5, 0.6) is 0 Å². The van der Waals surface area contributed by atoms with Crippen molar-refractivity contribution in [3.8, 4) is 0 Å². The van der Waals surface area contributed by atoms with Crippen LogP contribution in [0.25, 0.3) is 11.0 Å². The lowest BCUT2D eigenvalue weighted by molar-refractivity contribution is 0.356. The lowest BCUT2D eigenvalue weighted by Gasteiger charge is -2.22. The molecular formula is C21H28S. The molecule has 1 saturated carbocycles. The van der Waals surface area contributed by atoms with E-state index in [0.29, 0.717) is 0 Å². The number of rotatable bonds is 6. The second-order valence-electron chi connectivity index (χ2n) is 6.30. The molecule has 0 atom stereocenters. The van der Waals surface area contributed by atoms with Crippen LogP contribution in [0, 0.1) is 5.92 Å². The maximum atomic E-state index is 4.26. The van der Waals surface area contributed by atoms with Gasteiger partial charge in [0.05, 0.1) is 0 Å². The molecule has 0 radical (unpaired) electrons. The summed E-state index contributed by atoms with van der Waals surface area (Å²) in [5.74, 6) is 0.861. The van der Waals surface area contributed by atoms with E-state index in [1.54, 1.807) is 11.8 Å². The Balaban J connectivity index is 2.17. The Labute approximate surface area is 140 Å². The van der Waals surface area contributed by atoms with Gasteiger partial charge in [0.2, 0.25) is 0 Å². The zero-order valence-electron chi connectivity index (χ0n) is 14.0. The SMILES string of the molecule is C=Cc1cc(CC2CCCCC2)cc(C(=C)S/C(C)=C\C)c1. The maximum Gasteiger partial charge on any atom is 0.0119 e. The predicted octanol–water partition coefficient (Wildman–Crippen LogP) is 7.08. The molecule has 1 aromatic rings. The van der Waals surface area contributed by atoms with E-state index in [1.165, 1.54) is 60.1 Å². The Hall–Kier alpha value is -1.21. The smallest absolute Gasteiger partial charge is 0.0119 e. The van der Waals surface area contributed by atoms with Gasteiger partial charge in [0, 0.05) is 4.91 Å². The minimum absolute atomic E-state index is 0.861. The molecule has 0 aromatic heterocycles. The second-order valence-corrected chi connectivity index (χ2v) is 7.64. The fourth-order valence-corrected chi connectivity index (χ4v) is 3.89. The van der Waals surface area contributed by atoms with Crippen LogP contribution in [0.2, 0.25) is 0 Å². The average molecular weight is 313 g/mol. The summed E-state index contributed by atoms with van der Waals surface area (Å²) in [6.45, 7) is 12.4. The van der Waals surface area contributed by atoms with Crippen LogP contribution in [0.4, 0.5) is 0 Å². The number of benzene rings is 1. The molecule has 0 nitrogen and oxygen atoms in total. The molecule has 1 heteroatoms. The first kappa shape index (κ1) is 17.1. The standard InChI is InChI=1S/C21H28S/c1-5-16(3)22-17(4)21-14-18(6-2)12-20(15-21)13-19-10-8-7-9-11-19/h5-6,12,14-15,19H,2,4,7-11,13H2,1,3H3/b16-5-. The van der Waals surface area contributed by atoms with Gasteiger partial charge >= 0.3 is 0 Å². The van der Waals surface area contributed by atoms with Crippen molar-refractivity contribution in [1.82, 2.24) is 0 Å². The summed E-state index contributed by atoms with van der Waals surface area (Å²) >= 11 is 1.76. The highest BCUT2D eigenvalue weighted by Gasteiger charge is 2.15. The van der Waals surface area contributed by atoms with Crippen LogP contribution >= 0.6 is 11.8 Å². The monoisotopic (exact) mass is 312 g/mol. The summed E-state index contributed by atoms with van der Waals surface area (Å²) in [6.07, 6.45) is 12.3. The topological polar surface area (TPSA) is 0 Å². The van der Waals surface area contributed by atoms with Crippen molar-refractivity contribution in [3.63, 3.8) is 0 Å². The first-order valence-electron chi connectivity index (χ1n) is 8.39. The maximum absolute atomic E-state index is 4.26. The Morgan fingerprint density at radius 1 is 1.23 bits per heavy atom. The molecule has 118 valence electrons. The largest absolute Gasteiger partial charge is 0.0985 e. The first-order chi connectivity index (χ1) is 10.6. The van der Waals surface area contributed by atoms with Crippen molar-refractivity contribution in [2.24, 2.45) is 5.92 Å². The Morgan fingerprint density at radius 3 is 2.59 bits per heavy atom. The molecule has 0 saturated heterocycles. The van der Waals surface area contributed by atoms with Crippen molar-refractivity contribution in [2.45, 2.75) is 52.4 Å². The highest BCUT2D eigenvalue weighted by Crippen LogP contribution is 2.34. The molecule has 0 spiro atoms. The van der Waals surface area contributed by atoms with Crippen LogP contribution < -0.4 is 0 Å². The fourth-order valence-electron chi connectivity index (χ4n) is 3.15. The van der Waals surface area contributed by atoms with E-state index in [9.17, 15) is 0 Å². The zero-order chi connectivity index (χ0) is 15.9. The van der Waals surface area contributed by atoms with E-state index in [-0.39, 0.29) is 0 Å². The normalized spacial score (nSPS) is 16.5. The molecule has 2 rings (SSSR count). The van der Waals surface area contributed by atoms with Gasteiger partial charge in [-0.3, -0.25) is 0 Å². The lowest BCUT2D eigenvalue weighted by Crippen LogP contribution is -2.09. The molecular weight excluding hydrogens is 284 g/mol. The Bertz CT molecular complexity index is 559. The molecule has 1 aliphatic carbocycles. The summed E-state index contributed by atoms with van der Waals surface area (Å²) in [4.78, 5) is 2.42. The highest BCUT2D eigenvalue weighted by molar-refractivity contribution is 8.11. The summed E-state index contributed by atoms with van der Waals surface area (Å²) in [5.41, 5.74) is 3.90. The van der Waals surface area contributed by atoms with Crippen LogP contribution in [-0.4, -0.2) is 0 Å². The van der Waals surface area contributed by atoms with Crippen molar-refractivity contribution >= 4 is 22.7 Å². The third kappa shape index (κ3) is 4.91. The molecule has 22 heavy (non-hydrogen) atoms. The van der Waals surface area contributed by atoms with Gasteiger partial charge in [-0.1, -0.05) is 81.3 Å². The van der Waals surface area contributed by atoms with E-state index in [2.05, 4.69) is 51.3 Å². The lowest BCUT2D eigenvalue weighted by atomic mass is 9.84. The molecule has 1 aliphatic rings. The zero-order valence-corrected chi connectivity index (χ0v) is 14.8. The Kier molecular flexibility index (Phi) is 6.57. The molecule has 0 bridgehead atoms. The van der Waals surface area contributed by atoms with Gasteiger partial charge in [-0.2, -0.15) is 0 Å². The van der Waals surface area contributed by atoms with E-state index in [1.807, 2.05) is 6.08 Å².